The van der Waals surface area contributed by atoms with E-state index in [1.807, 2.05) is 25.1 Å². The number of hydrogen-bond acceptors (Lipinski definition) is 6. The number of rotatable bonds is 8. The van der Waals surface area contributed by atoms with Crippen LogP contribution in [0, 0.1) is 5.41 Å². The van der Waals surface area contributed by atoms with Crippen molar-refractivity contribution < 1.29 is 29.0 Å². The summed E-state index contributed by atoms with van der Waals surface area (Å²) in [7, 11) is 1.24. The molecule has 38 heavy (non-hydrogen) atoms. The van der Waals surface area contributed by atoms with E-state index in [-0.39, 0.29) is 16.4 Å². The third kappa shape index (κ3) is 6.06. The molecule has 0 spiro atoms. The number of benzene rings is 2. The lowest BCUT2D eigenvalue weighted by molar-refractivity contribution is -0.150. The molecule has 1 unspecified atom stereocenters. The Kier molecular flexibility index (Phi) is 8.65. The monoisotopic (exact) mass is 522 g/mol. The second kappa shape index (κ2) is 11.4. The molecule has 1 aliphatic carbocycles. The van der Waals surface area contributed by atoms with Crippen LogP contribution in [-0.2, 0) is 29.9 Å². The first-order valence-corrected chi connectivity index (χ1v) is 13.0. The lowest BCUT2D eigenvalue weighted by Gasteiger charge is -2.42. The van der Waals surface area contributed by atoms with Crippen LogP contribution in [0.2, 0.25) is 0 Å². The molecule has 0 fully saturated rings. The molecular formula is C30H38N2O6. The van der Waals surface area contributed by atoms with Crippen molar-refractivity contribution >= 4 is 35.1 Å². The van der Waals surface area contributed by atoms with Gasteiger partial charge in [-0.2, -0.15) is 0 Å². The van der Waals surface area contributed by atoms with E-state index in [1.54, 1.807) is 0 Å². The lowest BCUT2D eigenvalue weighted by Crippen LogP contribution is -2.39. The summed E-state index contributed by atoms with van der Waals surface area (Å²) < 4.78 is 10.4. The van der Waals surface area contributed by atoms with Gasteiger partial charge in [0.15, 0.2) is 6.10 Å². The molecule has 1 aliphatic rings. The van der Waals surface area contributed by atoms with E-state index >= 15 is 0 Å². The van der Waals surface area contributed by atoms with Crippen molar-refractivity contribution in [1.82, 2.24) is 0 Å². The van der Waals surface area contributed by atoms with Crippen LogP contribution in [0.4, 0.5) is 11.4 Å². The highest BCUT2D eigenvalue weighted by Crippen LogP contribution is 2.47. The Labute approximate surface area is 224 Å². The number of ether oxygens (including phenoxy) is 2. The zero-order chi connectivity index (χ0) is 28.3. The van der Waals surface area contributed by atoms with Crippen LogP contribution in [0.5, 0.6) is 0 Å². The van der Waals surface area contributed by atoms with Crippen molar-refractivity contribution in [3.05, 3.63) is 59.2 Å². The summed E-state index contributed by atoms with van der Waals surface area (Å²) >= 11 is 0. The van der Waals surface area contributed by atoms with Crippen LogP contribution < -0.4 is 4.90 Å². The van der Waals surface area contributed by atoms with E-state index in [0.717, 1.165) is 24.8 Å². The number of anilines is 2. The lowest BCUT2D eigenvalue weighted by atomic mass is 9.63. The Morgan fingerprint density at radius 3 is 2.11 bits per heavy atom. The maximum atomic E-state index is 13.7. The fraction of sp³-hybridized carbons (Fsp3) is 0.467. The number of carbonyl (C=O) groups excluding carboxylic acids is 2. The van der Waals surface area contributed by atoms with Gasteiger partial charge < -0.3 is 14.6 Å². The number of carboxylic acids is 1. The fourth-order valence-corrected chi connectivity index (χ4v) is 4.89. The fourth-order valence-electron chi connectivity index (χ4n) is 4.89. The molecule has 8 heteroatoms. The molecule has 3 rings (SSSR count). The minimum absolute atomic E-state index is 0.0236. The van der Waals surface area contributed by atoms with Crippen molar-refractivity contribution in [2.24, 2.45) is 0 Å². The van der Waals surface area contributed by atoms with E-state index < -0.39 is 29.8 Å². The predicted molar refractivity (Wildman–Crippen MR) is 146 cm³/mol. The van der Waals surface area contributed by atoms with Gasteiger partial charge in [-0.05, 0) is 84.0 Å². The molecule has 0 saturated heterocycles. The first-order valence-electron chi connectivity index (χ1n) is 13.0. The summed E-state index contributed by atoms with van der Waals surface area (Å²) in [4.78, 5) is 38.7. The average Bonchev–Trinajstić information content (AvgIpc) is 2.89. The molecule has 8 nitrogen and oxygen atoms in total. The van der Waals surface area contributed by atoms with E-state index in [9.17, 15) is 19.5 Å². The van der Waals surface area contributed by atoms with Crippen molar-refractivity contribution in [1.29, 1.82) is 5.41 Å². The van der Waals surface area contributed by atoms with Gasteiger partial charge in [0.05, 0.1) is 12.7 Å². The molecule has 2 N–H and O–H groups in total. The molecule has 2 aromatic rings. The van der Waals surface area contributed by atoms with Crippen molar-refractivity contribution in [3.8, 4) is 0 Å². The summed E-state index contributed by atoms with van der Waals surface area (Å²) in [5, 5.41) is 17.8. The number of esters is 1. The van der Waals surface area contributed by atoms with Crippen LogP contribution in [0.1, 0.15) is 88.2 Å². The van der Waals surface area contributed by atoms with Crippen LogP contribution in [0.25, 0.3) is 0 Å². The number of aromatic carboxylic acids is 1. The highest BCUT2D eigenvalue weighted by atomic mass is 16.6. The Balaban J connectivity index is 2.08. The van der Waals surface area contributed by atoms with Gasteiger partial charge in [0.25, 0.3) is 5.90 Å². The minimum Gasteiger partial charge on any atom is -0.478 e. The molecule has 0 heterocycles. The van der Waals surface area contributed by atoms with Gasteiger partial charge in [0.2, 0.25) is 0 Å². The SMILES string of the molecule is CCCCC(OC(=N)C(=O)N(c1ccc(C(=O)O)cc1)c1ccc2c(c1)C(C)(C)CCC2(C)C)C(=O)OC. The number of carbonyl (C=O) groups is 3. The number of hydrogen-bond donors (Lipinski definition) is 2. The number of fused-ring (bicyclic) bond motifs is 1. The molecule has 0 saturated carbocycles. The molecular weight excluding hydrogens is 484 g/mol. The average molecular weight is 523 g/mol. The topological polar surface area (TPSA) is 117 Å². The van der Waals surface area contributed by atoms with Crippen LogP contribution in [-0.4, -0.2) is 42.1 Å². The molecule has 0 radical (unpaired) electrons. The van der Waals surface area contributed by atoms with Gasteiger partial charge in [-0.25, -0.2) is 9.59 Å². The van der Waals surface area contributed by atoms with E-state index in [1.165, 1.54) is 41.8 Å². The first kappa shape index (κ1) is 28.9. The van der Waals surface area contributed by atoms with E-state index in [0.29, 0.717) is 24.2 Å². The van der Waals surface area contributed by atoms with Gasteiger partial charge in [0.1, 0.15) is 0 Å². The molecule has 0 bridgehead atoms. The predicted octanol–water partition coefficient (Wildman–Crippen LogP) is 6.12. The maximum absolute atomic E-state index is 13.7. The Morgan fingerprint density at radius 2 is 1.55 bits per heavy atom. The summed E-state index contributed by atoms with van der Waals surface area (Å²) in [6.07, 6.45) is 2.73. The zero-order valence-corrected chi connectivity index (χ0v) is 23.1. The third-order valence-electron chi connectivity index (χ3n) is 7.41. The second-order valence-corrected chi connectivity index (χ2v) is 11.1. The summed E-state index contributed by atoms with van der Waals surface area (Å²) in [6, 6.07) is 11.7. The van der Waals surface area contributed by atoms with Crippen molar-refractivity contribution in [2.45, 2.75) is 83.7 Å². The smallest absolute Gasteiger partial charge is 0.347 e. The van der Waals surface area contributed by atoms with Gasteiger partial charge in [0, 0.05) is 11.4 Å². The van der Waals surface area contributed by atoms with Crippen LogP contribution in [0.3, 0.4) is 0 Å². The highest BCUT2D eigenvalue weighted by Gasteiger charge is 2.38. The van der Waals surface area contributed by atoms with Gasteiger partial charge in [-0.15, -0.1) is 0 Å². The van der Waals surface area contributed by atoms with Crippen molar-refractivity contribution in [3.63, 3.8) is 0 Å². The van der Waals surface area contributed by atoms with Gasteiger partial charge in [-0.3, -0.25) is 15.1 Å². The summed E-state index contributed by atoms with van der Waals surface area (Å²) in [5.41, 5.74) is 3.17. The summed E-state index contributed by atoms with van der Waals surface area (Å²) in [5.74, 6) is -3.20. The van der Waals surface area contributed by atoms with E-state index in [4.69, 9.17) is 14.9 Å². The largest absolute Gasteiger partial charge is 0.478 e. The molecule has 1 atom stereocenters. The Morgan fingerprint density at radius 1 is 0.974 bits per heavy atom. The molecule has 2 aromatic carbocycles. The standard InChI is InChI=1S/C30H38N2O6/c1-7-8-9-24(28(36)37-6)38-25(31)26(33)32(20-12-10-19(11-13-20)27(34)35)21-14-15-22-23(18-21)30(4,5)17-16-29(22,2)3/h10-15,18,24,31H,7-9,16-17H2,1-6H3,(H,34,35). The summed E-state index contributed by atoms with van der Waals surface area (Å²) in [6.45, 7) is 10.7. The third-order valence-corrected chi connectivity index (χ3v) is 7.41. The quantitative estimate of drug-likeness (QED) is 0.245. The number of unbranched alkanes of at least 4 members (excludes halogenated alkanes) is 1. The molecule has 0 aliphatic heterocycles. The minimum atomic E-state index is -1.08. The first-order chi connectivity index (χ1) is 17.8. The number of nitrogens with zero attached hydrogens (tertiary/aromatic N) is 1. The molecule has 0 aromatic heterocycles. The van der Waals surface area contributed by atoms with Crippen LogP contribution >= 0.6 is 0 Å². The van der Waals surface area contributed by atoms with E-state index in [2.05, 4.69) is 27.7 Å². The number of nitrogens with one attached hydrogen (secondary N) is 1. The highest BCUT2D eigenvalue weighted by molar-refractivity contribution is 6.41. The number of amides is 1. The van der Waals surface area contributed by atoms with Gasteiger partial charge in [-0.1, -0.05) is 47.1 Å². The Bertz CT molecular complexity index is 1220. The maximum Gasteiger partial charge on any atom is 0.347 e. The molecule has 1 amide bonds. The van der Waals surface area contributed by atoms with Crippen molar-refractivity contribution in [2.75, 3.05) is 12.0 Å². The zero-order valence-electron chi connectivity index (χ0n) is 23.1. The number of carboxylic acid groups (broad SMARTS) is 1. The number of methoxy groups -OCH3 is 1. The normalized spacial score (nSPS) is 16.1. The molecule has 204 valence electrons. The van der Waals surface area contributed by atoms with Crippen LogP contribution in [0.15, 0.2) is 42.5 Å². The second-order valence-electron chi connectivity index (χ2n) is 11.1. The Hall–Kier alpha value is -3.68. The van der Waals surface area contributed by atoms with Gasteiger partial charge >= 0.3 is 17.8 Å².